The number of benzene rings is 2. The van der Waals surface area contributed by atoms with E-state index in [4.69, 9.17) is 10.3 Å². The van der Waals surface area contributed by atoms with E-state index in [2.05, 4.69) is 10.5 Å². The van der Waals surface area contributed by atoms with Crippen molar-refractivity contribution in [1.29, 1.82) is 0 Å². The molecule has 0 spiro atoms. The van der Waals surface area contributed by atoms with Crippen LogP contribution in [0, 0.1) is 0 Å². The second-order valence-electron chi connectivity index (χ2n) is 5.06. The summed E-state index contributed by atoms with van der Waals surface area (Å²) in [4.78, 5) is 34.0. The molecule has 0 heterocycles. The Balaban J connectivity index is 2.04. The van der Waals surface area contributed by atoms with Crippen molar-refractivity contribution in [3.63, 3.8) is 0 Å². The van der Waals surface area contributed by atoms with E-state index >= 15 is 0 Å². The minimum atomic E-state index is -1.05. The van der Waals surface area contributed by atoms with Gasteiger partial charge in [0, 0.05) is 11.6 Å². The normalized spacial score (nSPS) is 10.8. The third-order valence-corrected chi connectivity index (χ3v) is 3.20. The summed E-state index contributed by atoms with van der Waals surface area (Å²) in [5.41, 5.74) is 5.34. The molecule has 8 nitrogen and oxygen atoms in total. The summed E-state index contributed by atoms with van der Waals surface area (Å²) in [5, 5.41) is 21.2. The number of carbonyl (C=O) groups excluding carboxylic acids is 2. The average Bonchev–Trinajstić information content (AvgIpc) is 2.66. The maximum atomic E-state index is 12.1. The fraction of sp³-hybridized carbons (Fsp3) is 0. The van der Waals surface area contributed by atoms with Gasteiger partial charge in [-0.25, -0.2) is 15.7 Å². The summed E-state index contributed by atoms with van der Waals surface area (Å²) in [6.45, 7) is 0. The van der Waals surface area contributed by atoms with Gasteiger partial charge in [0.2, 0.25) is 0 Å². The number of hydrogen-bond donors (Lipinski definition) is 4. The maximum absolute atomic E-state index is 12.1. The number of nitrogens with one attached hydrogen (secondary N) is 2. The number of rotatable bonds is 6. The van der Waals surface area contributed by atoms with Crippen molar-refractivity contribution in [3.05, 3.63) is 76.9 Å². The molecule has 0 saturated heterocycles. The molecule has 2 aromatic rings. The van der Waals surface area contributed by atoms with Crippen molar-refractivity contribution in [2.45, 2.75) is 0 Å². The molecule has 0 fully saturated rings. The molecule has 0 aliphatic carbocycles. The molecule has 132 valence electrons. The molecule has 0 aromatic heterocycles. The van der Waals surface area contributed by atoms with Crippen molar-refractivity contribution in [2.24, 2.45) is 5.10 Å². The molecule has 0 radical (unpaired) electrons. The summed E-state index contributed by atoms with van der Waals surface area (Å²) in [6, 6.07) is 12.5. The molecule has 0 saturated carbocycles. The largest absolute Gasteiger partial charge is 0.478 e. The Morgan fingerprint density at radius 2 is 1.62 bits per heavy atom. The summed E-state index contributed by atoms with van der Waals surface area (Å²) in [5.74, 6) is -2.21. The Bertz CT molecular complexity index is 890. The van der Waals surface area contributed by atoms with Crippen LogP contribution in [-0.2, 0) is 4.79 Å². The van der Waals surface area contributed by atoms with Crippen LogP contribution >= 0.6 is 0 Å². The number of carboxylic acids is 1. The predicted molar refractivity (Wildman–Crippen MR) is 93.9 cm³/mol. The van der Waals surface area contributed by atoms with Crippen molar-refractivity contribution >= 4 is 30.1 Å². The van der Waals surface area contributed by atoms with Crippen LogP contribution in [0.3, 0.4) is 0 Å². The molecule has 26 heavy (non-hydrogen) atoms. The van der Waals surface area contributed by atoms with E-state index in [-0.39, 0.29) is 5.56 Å². The average molecular weight is 353 g/mol. The Kier molecular flexibility index (Phi) is 6.35. The fourth-order valence-corrected chi connectivity index (χ4v) is 1.97. The lowest BCUT2D eigenvalue weighted by atomic mass is 10.1. The van der Waals surface area contributed by atoms with Gasteiger partial charge in [0.15, 0.2) is 0 Å². The van der Waals surface area contributed by atoms with Gasteiger partial charge in [-0.1, -0.05) is 24.3 Å². The highest BCUT2D eigenvalue weighted by atomic mass is 16.5. The first-order valence-corrected chi connectivity index (χ1v) is 7.38. The van der Waals surface area contributed by atoms with Crippen LogP contribution in [0.1, 0.15) is 31.8 Å². The third kappa shape index (κ3) is 5.39. The number of amides is 2. The second-order valence-corrected chi connectivity index (χ2v) is 5.06. The Labute approximate surface area is 148 Å². The number of hydrazone groups is 1. The first kappa shape index (κ1) is 18.6. The Morgan fingerprint density at radius 3 is 2.31 bits per heavy atom. The third-order valence-electron chi connectivity index (χ3n) is 3.20. The number of nitrogens with zero attached hydrogens (tertiary/aromatic N) is 1. The number of carbonyl (C=O) groups is 3. The predicted octanol–water partition coefficient (Wildman–Crippen LogP) is 1.67. The van der Waals surface area contributed by atoms with Crippen LogP contribution in [-0.4, -0.2) is 34.3 Å². The van der Waals surface area contributed by atoms with Gasteiger partial charge in [-0.2, -0.15) is 5.10 Å². The van der Waals surface area contributed by atoms with Crippen molar-refractivity contribution < 1.29 is 24.7 Å². The van der Waals surface area contributed by atoms with Gasteiger partial charge in [0.1, 0.15) is 0 Å². The molecular formula is C18H15N3O5. The SMILES string of the molecule is O=C(C=Cc1cccc(C(=O)NN=Cc2cccc(C(=O)O)c2)c1)NO. The molecule has 0 atom stereocenters. The number of carboxylic acid groups (broad SMARTS) is 1. The molecule has 0 bridgehead atoms. The van der Waals surface area contributed by atoms with Gasteiger partial charge in [0.05, 0.1) is 11.8 Å². The number of aromatic carboxylic acids is 1. The highest BCUT2D eigenvalue weighted by Gasteiger charge is 2.05. The Morgan fingerprint density at radius 1 is 0.962 bits per heavy atom. The van der Waals surface area contributed by atoms with Crippen molar-refractivity contribution in [3.8, 4) is 0 Å². The quantitative estimate of drug-likeness (QED) is 0.272. The van der Waals surface area contributed by atoms with E-state index < -0.39 is 17.8 Å². The molecule has 0 unspecified atom stereocenters. The van der Waals surface area contributed by atoms with E-state index in [1.165, 1.54) is 36.0 Å². The van der Waals surface area contributed by atoms with Gasteiger partial charge in [0.25, 0.3) is 11.8 Å². The minimum Gasteiger partial charge on any atom is -0.478 e. The van der Waals surface area contributed by atoms with Crippen molar-refractivity contribution in [1.82, 2.24) is 10.9 Å². The van der Waals surface area contributed by atoms with Crippen LogP contribution < -0.4 is 10.9 Å². The molecule has 2 rings (SSSR count). The van der Waals surface area contributed by atoms with E-state index in [9.17, 15) is 14.4 Å². The van der Waals surface area contributed by atoms with Gasteiger partial charge < -0.3 is 5.11 Å². The second kappa shape index (κ2) is 8.90. The smallest absolute Gasteiger partial charge is 0.335 e. The summed E-state index contributed by atoms with van der Waals surface area (Å²) in [7, 11) is 0. The maximum Gasteiger partial charge on any atom is 0.335 e. The molecular weight excluding hydrogens is 338 g/mol. The molecule has 4 N–H and O–H groups in total. The molecule has 0 aliphatic heterocycles. The fourth-order valence-electron chi connectivity index (χ4n) is 1.97. The Hall–Kier alpha value is -3.78. The first-order chi connectivity index (χ1) is 12.5. The van der Waals surface area contributed by atoms with Gasteiger partial charge in [-0.15, -0.1) is 0 Å². The van der Waals surface area contributed by atoms with E-state index in [0.717, 1.165) is 6.08 Å². The number of hydroxylamine groups is 1. The summed E-state index contributed by atoms with van der Waals surface area (Å²) < 4.78 is 0. The highest BCUT2D eigenvalue weighted by Crippen LogP contribution is 2.07. The lowest BCUT2D eigenvalue weighted by Gasteiger charge is -2.02. The first-order valence-electron chi connectivity index (χ1n) is 7.38. The van der Waals surface area contributed by atoms with Crippen LogP contribution in [0.25, 0.3) is 6.08 Å². The zero-order valence-corrected chi connectivity index (χ0v) is 13.4. The number of hydrogen-bond acceptors (Lipinski definition) is 5. The van der Waals surface area contributed by atoms with Crippen LogP contribution in [0.4, 0.5) is 0 Å². The van der Waals surface area contributed by atoms with Crippen molar-refractivity contribution in [2.75, 3.05) is 0 Å². The lowest BCUT2D eigenvalue weighted by Crippen LogP contribution is -2.17. The van der Waals surface area contributed by atoms with E-state index in [1.807, 2.05) is 0 Å². The van der Waals surface area contributed by atoms with Crippen LogP contribution in [0.5, 0.6) is 0 Å². The summed E-state index contributed by atoms with van der Waals surface area (Å²) in [6.07, 6.45) is 3.88. The van der Waals surface area contributed by atoms with Crippen LogP contribution in [0.2, 0.25) is 0 Å². The molecule has 0 aliphatic rings. The topological polar surface area (TPSA) is 128 Å². The van der Waals surface area contributed by atoms with Gasteiger partial charge in [-0.05, 0) is 41.5 Å². The monoisotopic (exact) mass is 353 g/mol. The zero-order valence-electron chi connectivity index (χ0n) is 13.4. The van der Waals surface area contributed by atoms with E-state index in [1.54, 1.807) is 30.3 Å². The van der Waals surface area contributed by atoms with Gasteiger partial charge >= 0.3 is 5.97 Å². The highest BCUT2D eigenvalue weighted by molar-refractivity contribution is 5.96. The lowest BCUT2D eigenvalue weighted by molar-refractivity contribution is -0.124. The summed E-state index contributed by atoms with van der Waals surface area (Å²) >= 11 is 0. The van der Waals surface area contributed by atoms with Gasteiger partial charge in [-0.3, -0.25) is 14.8 Å². The molecule has 2 aromatic carbocycles. The molecule has 2 amide bonds. The van der Waals surface area contributed by atoms with Crippen LogP contribution in [0.15, 0.2) is 59.7 Å². The zero-order chi connectivity index (χ0) is 18.9. The molecule has 8 heteroatoms. The standard InChI is InChI=1S/C18H15N3O5/c22-16(21-26)8-7-12-3-1-5-14(9-12)17(23)20-19-11-13-4-2-6-15(10-13)18(24)25/h1-11,26H,(H,20,23)(H,21,22)(H,24,25). The van der Waals surface area contributed by atoms with E-state index in [0.29, 0.717) is 16.7 Å². The minimum absolute atomic E-state index is 0.117.